The van der Waals surface area contributed by atoms with Gasteiger partial charge in [-0.1, -0.05) is 48.2 Å². The molecule has 0 aliphatic carbocycles. The molecular formula is C28H25N3O4S. The van der Waals surface area contributed by atoms with Crippen molar-refractivity contribution in [3.63, 3.8) is 0 Å². The van der Waals surface area contributed by atoms with Gasteiger partial charge in [-0.05, 0) is 60.9 Å². The molecule has 0 spiro atoms. The molecule has 0 saturated heterocycles. The van der Waals surface area contributed by atoms with Crippen LogP contribution in [0.25, 0.3) is 22.1 Å². The van der Waals surface area contributed by atoms with Gasteiger partial charge in [-0.25, -0.2) is 4.98 Å². The average molecular weight is 500 g/mol. The molecule has 1 N–H and O–H groups in total. The molecule has 5 rings (SSSR count). The van der Waals surface area contributed by atoms with Crippen molar-refractivity contribution in [1.29, 1.82) is 0 Å². The van der Waals surface area contributed by atoms with Crippen molar-refractivity contribution in [2.24, 2.45) is 0 Å². The van der Waals surface area contributed by atoms with Gasteiger partial charge in [-0.2, -0.15) is 0 Å². The number of amides is 1. The molecule has 0 fully saturated rings. The maximum atomic E-state index is 13.6. The van der Waals surface area contributed by atoms with Gasteiger partial charge in [0.15, 0.2) is 5.16 Å². The molecule has 0 unspecified atom stereocenters. The van der Waals surface area contributed by atoms with E-state index in [2.05, 4.69) is 5.32 Å². The molecule has 36 heavy (non-hydrogen) atoms. The Morgan fingerprint density at radius 2 is 1.83 bits per heavy atom. The number of fused-ring (bicyclic) bond motifs is 3. The Labute approximate surface area is 212 Å². The lowest BCUT2D eigenvalue weighted by molar-refractivity contribution is -0.113. The third-order valence-electron chi connectivity index (χ3n) is 6.16. The number of furan rings is 1. The van der Waals surface area contributed by atoms with E-state index in [-0.39, 0.29) is 29.3 Å². The van der Waals surface area contributed by atoms with Crippen LogP contribution in [0.2, 0.25) is 0 Å². The van der Waals surface area contributed by atoms with Crippen LogP contribution in [0.5, 0.6) is 5.75 Å². The van der Waals surface area contributed by atoms with Crippen LogP contribution in [0.3, 0.4) is 0 Å². The summed E-state index contributed by atoms with van der Waals surface area (Å²) in [6.07, 6.45) is 0. The van der Waals surface area contributed by atoms with Crippen LogP contribution < -0.4 is 15.6 Å². The molecular weight excluding hydrogens is 474 g/mol. The van der Waals surface area contributed by atoms with Crippen LogP contribution in [0.1, 0.15) is 16.7 Å². The van der Waals surface area contributed by atoms with Crippen LogP contribution in [-0.4, -0.2) is 28.3 Å². The molecule has 0 bridgehead atoms. The third kappa shape index (κ3) is 4.59. The summed E-state index contributed by atoms with van der Waals surface area (Å²) in [5.74, 6) is 0.662. The zero-order valence-electron chi connectivity index (χ0n) is 20.2. The summed E-state index contributed by atoms with van der Waals surface area (Å²) < 4.78 is 12.7. The summed E-state index contributed by atoms with van der Waals surface area (Å²) in [5, 5.41) is 4.19. The number of ether oxygens (including phenoxy) is 1. The highest BCUT2D eigenvalue weighted by Gasteiger charge is 2.19. The van der Waals surface area contributed by atoms with Gasteiger partial charge in [0.2, 0.25) is 11.5 Å². The highest BCUT2D eigenvalue weighted by molar-refractivity contribution is 7.99. The molecule has 0 aliphatic heterocycles. The van der Waals surface area contributed by atoms with E-state index in [1.54, 1.807) is 11.7 Å². The average Bonchev–Trinajstić information content (AvgIpc) is 3.27. The first-order valence-corrected chi connectivity index (χ1v) is 12.5. The van der Waals surface area contributed by atoms with Gasteiger partial charge in [-0.15, -0.1) is 0 Å². The van der Waals surface area contributed by atoms with E-state index in [0.29, 0.717) is 16.3 Å². The molecule has 8 heteroatoms. The van der Waals surface area contributed by atoms with Crippen molar-refractivity contribution < 1.29 is 13.9 Å². The van der Waals surface area contributed by atoms with Crippen molar-refractivity contribution in [3.05, 3.63) is 93.8 Å². The highest BCUT2D eigenvalue weighted by Crippen LogP contribution is 2.28. The number of nitrogens with one attached hydrogen (secondary N) is 1. The van der Waals surface area contributed by atoms with E-state index < -0.39 is 0 Å². The predicted octanol–water partition coefficient (Wildman–Crippen LogP) is 5.55. The van der Waals surface area contributed by atoms with Gasteiger partial charge in [0.05, 0.1) is 19.4 Å². The Kier molecular flexibility index (Phi) is 6.52. The van der Waals surface area contributed by atoms with Crippen LogP contribution in [0.15, 0.2) is 81.1 Å². The number of carbonyl (C=O) groups excluding carboxylic acids is 1. The first-order chi connectivity index (χ1) is 17.4. The monoisotopic (exact) mass is 499 g/mol. The lowest BCUT2D eigenvalue weighted by atomic mass is 10.1. The first-order valence-electron chi connectivity index (χ1n) is 11.5. The molecule has 2 heterocycles. The van der Waals surface area contributed by atoms with E-state index in [0.717, 1.165) is 33.5 Å². The lowest BCUT2D eigenvalue weighted by Crippen LogP contribution is -2.24. The number of aromatic nitrogens is 2. The van der Waals surface area contributed by atoms with Crippen LogP contribution >= 0.6 is 11.8 Å². The second-order valence-electron chi connectivity index (χ2n) is 8.49. The van der Waals surface area contributed by atoms with Crippen molar-refractivity contribution in [3.8, 4) is 5.75 Å². The van der Waals surface area contributed by atoms with Gasteiger partial charge < -0.3 is 14.5 Å². The fourth-order valence-electron chi connectivity index (χ4n) is 4.02. The number of methoxy groups -OCH3 is 1. The molecule has 7 nitrogen and oxygen atoms in total. The number of benzene rings is 3. The van der Waals surface area contributed by atoms with Crippen molar-refractivity contribution in [2.75, 3.05) is 18.2 Å². The quantitative estimate of drug-likeness (QED) is 0.234. The molecule has 2 aromatic heterocycles. The van der Waals surface area contributed by atoms with Gasteiger partial charge >= 0.3 is 0 Å². The number of carbonyl (C=O) groups is 1. The van der Waals surface area contributed by atoms with Gasteiger partial charge in [0.1, 0.15) is 16.8 Å². The Balaban J connectivity index is 1.50. The summed E-state index contributed by atoms with van der Waals surface area (Å²) in [4.78, 5) is 31.2. The Morgan fingerprint density at radius 1 is 1.06 bits per heavy atom. The molecule has 0 saturated carbocycles. The highest BCUT2D eigenvalue weighted by atomic mass is 32.2. The number of aryl methyl sites for hydroxylation is 1. The zero-order chi connectivity index (χ0) is 25.2. The molecule has 182 valence electrons. The normalized spacial score (nSPS) is 11.2. The lowest BCUT2D eigenvalue weighted by Gasteiger charge is -2.13. The fourth-order valence-corrected chi connectivity index (χ4v) is 4.81. The van der Waals surface area contributed by atoms with Gasteiger partial charge in [0.25, 0.3) is 5.56 Å². The van der Waals surface area contributed by atoms with Crippen molar-refractivity contribution >= 4 is 45.4 Å². The standard InChI is InChI=1S/C28H25N3O4S/c1-17-7-6-9-22(18(17)2)29-24(32)16-36-28-30-25-21-8-4-5-10-23(21)35-26(25)27(33)31(28)15-19-11-13-20(34-3)14-12-19/h4-14H,15-16H2,1-3H3,(H,29,32). The minimum Gasteiger partial charge on any atom is -0.497 e. The fraction of sp³-hybridized carbons (Fsp3) is 0.179. The van der Waals surface area contributed by atoms with E-state index in [1.807, 2.05) is 80.6 Å². The van der Waals surface area contributed by atoms with Crippen molar-refractivity contribution in [2.45, 2.75) is 25.5 Å². The molecule has 3 aromatic carbocycles. The minimum absolute atomic E-state index is 0.101. The molecule has 1 amide bonds. The first kappa shape index (κ1) is 23.7. The van der Waals surface area contributed by atoms with Crippen LogP contribution in [0, 0.1) is 13.8 Å². The maximum Gasteiger partial charge on any atom is 0.298 e. The van der Waals surface area contributed by atoms with Crippen LogP contribution in [-0.2, 0) is 11.3 Å². The topological polar surface area (TPSA) is 86.4 Å². The number of nitrogens with zero attached hydrogens (tertiary/aromatic N) is 2. The summed E-state index contributed by atoms with van der Waals surface area (Å²) in [5.41, 5.74) is 4.82. The maximum absolute atomic E-state index is 13.6. The van der Waals surface area contributed by atoms with Crippen LogP contribution in [0.4, 0.5) is 5.69 Å². The largest absolute Gasteiger partial charge is 0.497 e. The summed E-state index contributed by atoms with van der Waals surface area (Å²) in [7, 11) is 1.61. The zero-order valence-corrected chi connectivity index (χ0v) is 21.0. The number of thioether (sulfide) groups is 1. The summed E-state index contributed by atoms with van der Waals surface area (Å²) in [6, 6.07) is 20.7. The predicted molar refractivity (Wildman–Crippen MR) is 143 cm³/mol. The summed E-state index contributed by atoms with van der Waals surface area (Å²) >= 11 is 1.23. The molecule has 0 atom stereocenters. The molecule has 5 aromatic rings. The van der Waals surface area contributed by atoms with E-state index in [9.17, 15) is 9.59 Å². The SMILES string of the molecule is COc1ccc(Cn2c(SCC(=O)Nc3cccc(C)c3C)nc3c(oc4ccccc43)c2=O)cc1. The van der Waals surface area contributed by atoms with E-state index >= 15 is 0 Å². The number of hydrogen-bond acceptors (Lipinski definition) is 6. The number of anilines is 1. The number of rotatable bonds is 7. The van der Waals surface area contributed by atoms with E-state index in [4.69, 9.17) is 14.1 Å². The molecule has 0 radical (unpaired) electrons. The minimum atomic E-state index is -0.288. The molecule has 0 aliphatic rings. The van der Waals surface area contributed by atoms with Gasteiger partial charge in [0, 0.05) is 11.1 Å². The smallest absolute Gasteiger partial charge is 0.298 e. The Hall–Kier alpha value is -4.04. The second-order valence-corrected chi connectivity index (χ2v) is 9.44. The summed E-state index contributed by atoms with van der Waals surface area (Å²) in [6.45, 7) is 4.26. The number of hydrogen-bond donors (Lipinski definition) is 1. The number of para-hydroxylation sites is 1. The second kappa shape index (κ2) is 9.91. The van der Waals surface area contributed by atoms with Gasteiger partial charge in [-0.3, -0.25) is 14.2 Å². The van der Waals surface area contributed by atoms with E-state index in [1.165, 1.54) is 11.8 Å². The van der Waals surface area contributed by atoms with Crippen molar-refractivity contribution in [1.82, 2.24) is 9.55 Å². The Bertz CT molecular complexity index is 1640. The third-order valence-corrected chi connectivity index (χ3v) is 7.13. The Morgan fingerprint density at radius 3 is 2.61 bits per heavy atom.